The number of piperidine rings is 1. The molecule has 8 heteroatoms. The molecule has 7 nitrogen and oxygen atoms in total. The van der Waals surface area contributed by atoms with Crippen LogP contribution in [0.25, 0.3) is 0 Å². The zero-order chi connectivity index (χ0) is 16.4. The molecule has 1 aliphatic heterocycles. The van der Waals surface area contributed by atoms with Gasteiger partial charge in [-0.05, 0) is 25.4 Å². The highest BCUT2D eigenvalue weighted by Gasteiger charge is 2.27. The maximum absolute atomic E-state index is 12.4. The predicted molar refractivity (Wildman–Crippen MR) is 83.9 cm³/mol. The minimum atomic E-state index is -0.416. The molecule has 0 aliphatic carbocycles. The Bertz CT molecular complexity index is 762. The van der Waals surface area contributed by atoms with E-state index in [1.54, 1.807) is 24.8 Å². The number of ether oxygens (including phenoxy) is 1. The van der Waals surface area contributed by atoms with Crippen LogP contribution in [-0.2, 0) is 0 Å². The van der Waals surface area contributed by atoms with Gasteiger partial charge in [0.05, 0.1) is 11.8 Å². The standard InChI is InChI=1S/C15H17N3O4S/c1-9-7-12(8-13(19)21-9)22-11-3-5-18(6-4-11)15(20)14-10(2)16-17-23-14/h7-8,11H,3-6H2,1-2H3. The number of rotatable bonds is 3. The molecule has 3 heterocycles. The first-order valence-electron chi connectivity index (χ1n) is 7.39. The Kier molecular flexibility index (Phi) is 4.42. The smallest absolute Gasteiger partial charge is 0.339 e. The van der Waals surface area contributed by atoms with Crippen molar-refractivity contribution in [2.75, 3.05) is 13.1 Å². The molecular weight excluding hydrogens is 318 g/mol. The monoisotopic (exact) mass is 335 g/mol. The van der Waals surface area contributed by atoms with E-state index in [1.807, 2.05) is 0 Å². The SMILES string of the molecule is Cc1cc(OC2CCN(C(=O)c3snnc3C)CC2)cc(=O)o1. The average molecular weight is 335 g/mol. The molecule has 1 aliphatic rings. The summed E-state index contributed by atoms with van der Waals surface area (Å²) in [5.41, 5.74) is 0.255. The van der Waals surface area contributed by atoms with Crippen molar-refractivity contribution in [3.05, 3.63) is 38.9 Å². The van der Waals surface area contributed by atoms with Crippen LogP contribution in [-0.4, -0.2) is 39.6 Å². The highest BCUT2D eigenvalue weighted by atomic mass is 32.1. The zero-order valence-corrected chi connectivity index (χ0v) is 13.8. The Morgan fingerprint density at radius 3 is 2.70 bits per heavy atom. The highest BCUT2D eigenvalue weighted by Crippen LogP contribution is 2.21. The molecule has 0 spiro atoms. The van der Waals surface area contributed by atoms with Gasteiger partial charge in [0.15, 0.2) is 0 Å². The van der Waals surface area contributed by atoms with E-state index in [0.717, 1.165) is 24.4 Å². The lowest BCUT2D eigenvalue weighted by atomic mass is 10.1. The lowest BCUT2D eigenvalue weighted by Crippen LogP contribution is -2.41. The average Bonchev–Trinajstić information content (AvgIpc) is 2.92. The second-order valence-corrected chi connectivity index (χ2v) is 6.27. The molecule has 0 saturated carbocycles. The van der Waals surface area contributed by atoms with Crippen LogP contribution < -0.4 is 10.4 Å². The summed E-state index contributed by atoms with van der Waals surface area (Å²) in [6.07, 6.45) is 1.42. The molecule has 0 N–H and O–H groups in total. The van der Waals surface area contributed by atoms with Crippen molar-refractivity contribution >= 4 is 17.4 Å². The summed E-state index contributed by atoms with van der Waals surface area (Å²) >= 11 is 1.13. The van der Waals surface area contributed by atoms with Crippen molar-refractivity contribution in [3.63, 3.8) is 0 Å². The second kappa shape index (κ2) is 6.49. The van der Waals surface area contributed by atoms with Crippen molar-refractivity contribution in [3.8, 4) is 5.75 Å². The summed E-state index contributed by atoms with van der Waals surface area (Å²) in [7, 11) is 0. The molecule has 0 bridgehead atoms. The summed E-state index contributed by atoms with van der Waals surface area (Å²) < 4.78 is 14.6. The molecule has 0 unspecified atom stereocenters. The van der Waals surface area contributed by atoms with E-state index in [9.17, 15) is 9.59 Å². The van der Waals surface area contributed by atoms with Gasteiger partial charge in [0.2, 0.25) is 0 Å². The Balaban J connectivity index is 1.59. The van der Waals surface area contributed by atoms with Gasteiger partial charge in [-0.1, -0.05) is 4.49 Å². The van der Waals surface area contributed by atoms with Crippen LogP contribution in [0.15, 0.2) is 21.3 Å². The van der Waals surface area contributed by atoms with Crippen molar-refractivity contribution in [2.24, 2.45) is 0 Å². The second-order valence-electron chi connectivity index (χ2n) is 5.52. The lowest BCUT2D eigenvalue weighted by Gasteiger charge is -2.31. The predicted octanol–water partition coefficient (Wildman–Crippen LogP) is 1.79. The van der Waals surface area contributed by atoms with Gasteiger partial charge in [0.25, 0.3) is 5.91 Å². The van der Waals surface area contributed by atoms with E-state index in [0.29, 0.717) is 35.2 Å². The van der Waals surface area contributed by atoms with E-state index in [1.165, 1.54) is 6.07 Å². The zero-order valence-electron chi connectivity index (χ0n) is 12.9. The van der Waals surface area contributed by atoms with E-state index < -0.39 is 5.63 Å². The molecule has 1 fully saturated rings. The van der Waals surface area contributed by atoms with Gasteiger partial charge in [0.1, 0.15) is 22.5 Å². The molecule has 2 aromatic rings. The Hall–Kier alpha value is -2.22. The largest absolute Gasteiger partial charge is 0.490 e. The Morgan fingerprint density at radius 2 is 2.09 bits per heavy atom. The third-order valence-electron chi connectivity index (χ3n) is 3.74. The molecule has 23 heavy (non-hydrogen) atoms. The quantitative estimate of drug-likeness (QED) is 0.850. The van der Waals surface area contributed by atoms with Gasteiger partial charge in [-0.15, -0.1) is 5.10 Å². The van der Waals surface area contributed by atoms with Gasteiger partial charge < -0.3 is 14.1 Å². The maximum atomic E-state index is 12.4. The number of aryl methyl sites for hydroxylation is 2. The fourth-order valence-corrected chi connectivity index (χ4v) is 3.21. The number of nitrogens with zero attached hydrogens (tertiary/aromatic N) is 3. The van der Waals surface area contributed by atoms with Gasteiger partial charge >= 0.3 is 5.63 Å². The number of hydrogen-bond acceptors (Lipinski definition) is 7. The number of likely N-dealkylation sites (tertiary alicyclic amines) is 1. The first kappa shape index (κ1) is 15.7. The normalized spacial score (nSPS) is 15.7. The summed E-state index contributed by atoms with van der Waals surface area (Å²) in [6, 6.07) is 3.04. The first-order chi connectivity index (χ1) is 11.0. The van der Waals surface area contributed by atoms with Crippen molar-refractivity contribution < 1.29 is 13.9 Å². The number of hydrogen-bond donors (Lipinski definition) is 0. The van der Waals surface area contributed by atoms with Crippen LogP contribution in [0.4, 0.5) is 0 Å². The van der Waals surface area contributed by atoms with Crippen molar-refractivity contribution in [1.82, 2.24) is 14.5 Å². The molecule has 122 valence electrons. The van der Waals surface area contributed by atoms with Crippen LogP contribution in [0.5, 0.6) is 5.75 Å². The summed E-state index contributed by atoms with van der Waals surface area (Å²) in [5, 5.41) is 3.88. The van der Waals surface area contributed by atoms with Gasteiger partial charge in [-0.2, -0.15) is 0 Å². The maximum Gasteiger partial charge on any atom is 0.339 e. The minimum absolute atomic E-state index is 0.0130. The van der Waals surface area contributed by atoms with Gasteiger partial charge in [-0.3, -0.25) is 4.79 Å². The number of carbonyl (C=O) groups excluding carboxylic acids is 1. The van der Waals surface area contributed by atoms with Crippen LogP contribution in [0.2, 0.25) is 0 Å². The van der Waals surface area contributed by atoms with Gasteiger partial charge in [0, 0.05) is 32.0 Å². The first-order valence-corrected chi connectivity index (χ1v) is 8.17. The van der Waals surface area contributed by atoms with Crippen LogP contribution in [0.3, 0.4) is 0 Å². The number of carbonyl (C=O) groups is 1. The molecule has 1 saturated heterocycles. The molecule has 3 rings (SSSR count). The Labute approximate surface area is 137 Å². The summed E-state index contributed by atoms with van der Waals surface area (Å²) in [4.78, 5) is 26.1. The molecule has 0 aromatic carbocycles. The van der Waals surface area contributed by atoms with Crippen LogP contribution >= 0.6 is 11.5 Å². The lowest BCUT2D eigenvalue weighted by molar-refractivity contribution is 0.0598. The summed E-state index contributed by atoms with van der Waals surface area (Å²) in [5.74, 6) is 1.02. The highest BCUT2D eigenvalue weighted by molar-refractivity contribution is 7.07. The third-order valence-corrected chi connectivity index (χ3v) is 4.56. The number of amides is 1. The fraction of sp³-hybridized carbons (Fsp3) is 0.467. The van der Waals surface area contributed by atoms with Crippen LogP contribution in [0.1, 0.15) is 34.0 Å². The molecule has 2 aromatic heterocycles. The van der Waals surface area contributed by atoms with E-state index >= 15 is 0 Å². The van der Waals surface area contributed by atoms with E-state index in [-0.39, 0.29) is 12.0 Å². The van der Waals surface area contributed by atoms with Crippen molar-refractivity contribution in [2.45, 2.75) is 32.8 Å². The molecule has 1 amide bonds. The number of aromatic nitrogens is 2. The Morgan fingerprint density at radius 1 is 1.35 bits per heavy atom. The third kappa shape index (κ3) is 3.58. The summed E-state index contributed by atoms with van der Waals surface area (Å²) in [6.45, 7) is 4.72. The van der Waals surface area contributed by atoms with E-state index in [4.69, 9.17) is 9.15 Å². The van der Waals surface area contributed by atoms with E-state index in [2.05, 4.69) is 9.59 Å². The molecular formula is C15H17N3O4S. The van der Waals surface area contributed by atoms with Crippen LogP contribution in [0, 0.1) is 13.8 Å². The van der Waals surface area contributed by atoms with Gasteiger partial charge in [-0.25, -0.2) is 4.79 Å². The molecule has 0 atom stereocenters. The van der Waals surface area contributed by atoms with Crippen molar-refractivity contribution in [1.29, 1.82) is 0 Å². The fourth-order valence-electron chi connectivity index (χ4n) is 2.58. The molecule has 0 radical (unpaired) electrons. The minimum Gasteiger partial charge on any atom is -0.490 e. The topological polar surface area (TPSA) is 85.5 Å².